The number of amides is 1. The van der Waals surface area contributed by atoms with Crippen LogP contribution in [-0.2, 0) is 0 Å². The molecule has 2 rings (SSSR count). The number of benzene rings is 1. The molecule has 4 heteroatoms. The molecule has 0 bridgehead atoms. The molecule has 1 aliphatic heterocycles. The smallest absolute Gasteiger partial charge is 0.255 e. The van der Waals surface area contributed by atoms with Crippen LogP contribution in [0.4, 0.5) is 0 Å². The Bertz CT molecular complexity index is 476. The molecule has 1 aromatic rings. The third kappa shape index (κ3) is 3.35. The number of carbonyl (C=O) groups excluding carboxylic acids is 1. The van der Waals surface area contributed by atoms with Gasteiger partial charge in [0.15, 0.2) is 0 Å². The van der Waals surface area contributed by atoms with E-state index in [0.29, 0.717) is 11.6 Å². The predicted octanol–water partition coefficient (Wildman–Crippen LogP) is 4.25. The Kier molecular flexibility index (Phi) is 5.46. The van der Waals surface area contributed by atoms with Gasteiger partial charge in [0.05, 0.1) is 12.7 Å². The highest BCUT2D eigenvalue weighted by atomic mass is 79.9. The van der Waals surface area contributed by atoms with E-state index in [2.05, 4.69) is 22.9 Å². The number of hydrogen-bond donors (Lipinski definition) is 0. The average Bonchev–Trinajstić information content (AvgIpc) is 2.72. The van der Waals surface area contributed by atoms with Crippen molar-refractivity contribution in [2.75, 3.05) is 13.7 Å². The van der Waals surface area contributed by atoms with Crippen LogP contribution in [0.3, 0.4) is 0 Å². The fourth-order valence-corrected chi connectivity index (χ4v) is 3.24. The van der Waals surface area contributed by atoms with E-state index in [9.17, 15) is 4.79 Å². The molecule has 20 heavy (non-hydrogen) atoms. The first-order valence-electron chi connectivity index (χ1n) is 7.32. The quantitative estimate of drug-likeness (QED) is 0.823. The normalized spacial score (nSPS) is 19.6. The Morgan fingerprint density at radius 1 is 1.40 bits per heavy atom. The summed E-state index contributed by atoms with van der Waals surface area (Å²) < 4.78 is 6.07. The lowest BCUT2D eigenvalue weighted by molar-refractivity contribution is 0.0677. The molecular formula is C16H22BrNO2. The van der Waals surface area contributed by atoms with E-state index in [4.69, 9.17) is 4.74 Å². The van der Waals surface area contributed by atoms with Crippen molar-refractivity contribution in [2.24, 2.45) is 0 Å². The molecule has 0 saturated carbocycles. The summed E-state index contributed by atoms with van der Waals surface area (Å²) in [6.45, 7) is 3.03. The van der Waals surface area contributed by atoms with Crippen LogP contribution in [0, 0.1) is 0 Å². The van der Waals surface area contributed by atoms with Crippen molar-refractivity contribution in [3.63, 3.8) is 0 Å². The molecule has 0 spiro atoms. The Morgan fingerprint density at radius 2 is 2.20 bits per heavy atom. The van der Waals surface area contributed by atoms with E-state index < -0.39 is 0 Å². The lowest BCUT2D eigenvalue weighted by atomic mass is 10.1. The standard InChI is InChI=1S/C16H22BrNO2/c1-3-12-7-5-4-6-10-18(12)16(19)14-11-13(20-2)8-9-15(14)17/h8-9,11-12H,3-7,10H2,1-2H3. The maximum atomic E-state index is 12.9. The Balaban J connectivity index is 2.28. The zero-order valence-electron chi connectivity index (χ0n) is 12.2. The highest BCUT2D eigenvalue weighted by Gasteiger charge is 2.26. The second-order valence-corrected chi connectivity index (χ2v) is 6.11. The van der Waals surface area contributed by atoms with Gasteiger partial charge in [0, 0.05) is 17.1 Å². The van der Waals surface area contributed by atoms with Crippen LogP contribution in [-0.4, -0.2) is 30.5 Å². The van der Waals surface area contributed by atoms with Crippen LogP contribution in [0.1, 0.15) is 49.4 Å². The predicted molar refractivity (Wildman–Crippen MR) is 84.3 cm³/mol. The van der Waals surface area contributed by atoms with E-state index in [1.165, 1.54) is 12.8 Å². The maximum absolute atomic E-state index is 12.9. The summed E-state index contributed by atoms with van der Waals surface area (Å²) >= 11 is 3.49. The zero-order valence-corrected chi connectivity index (χ0v) is 13.8. The van der Waals surface area contributed by atoms with Gasteiger partial charge in [-0.15, -0.1) is 0 Å². The summed E-state index contributed by atoms with van der Waals surface area (Å²) in [5.74, 6) is 0.837. The van der Waals surface area contributed by atoms with Crippen LogP contribution < -0.4 is 4.74 Å². The molecular weight excluding hydrogens is 318 g/mol. The van der Waals surface area contributed by atoms with Gasteiger partial charge in [-0.2, -0.15) is 0 Å². The molecule has 1 atom stereocenters. The van der Waals surface area contributed by atoms with E-state index >= 15 is 0 Å². The van der Waals surface area contributed by atoms with Crippen LogP contribution in [0.5, 0.6) is 5.75 Å². The van der Waals surface area contributed by atoms with E-state index in [1.54, 1.807) is 7.11 Å². The van der Waals surface area contributed by atoms with Crippen molar-refractivity contribution in [3.05, 3.63) is 28.2 Å². The van der Waals surface area contributed by atoms with Crippen LogP contribution in [0.25, 0.3) is 0 Å². The van der Waals surface area contributed by atoms with Crippen molar-refractivity contribution in [1.82, 2.24) is 4.90 Å². The van der Waals surface area contributed by atoms with E-state index in [1.807, 2.05) is 23.1 Å². The molecule has 1 aliphatic rings. The summed E-state index contributed by atoms with van der Waals surface area (Å²) in [4.78, 5) is 14.9. The largest absolute Gasteiger partial charge is 0.497 e. The second kappa shape index (κ2) is 7.11. The Hall–Kier alpha value is -1.03. The first kappa shape index (κ1) is 15.4. The fraction of sp³-hybridized carbons (Fsp3) is 0.562. The van der Waals surface area contributed by atoms with Crippen molar-refractivity contribution in [1.29, 1.82) is 0 Å². The van der Waals surface area contributed by atoms with Gasteiger partial charge in [-0.25, -0.2) is 0 Å². The van der Waals surface area contributed by atoms with Crippen LogP contribution in [0.15, 0.2) is 22.7 Å². The highest BCUT2D eigenvalue weighted by molar-refractivity contribution is 9.10. The highest BCUT2D eigenvalue weighted by Crippen LogP contribution is 2.27. The number of halogens is 1. The summed E-state index contributed by atoms with van der Waals surface area (Å²) in [5.41, 5.74) is 0.699. The first-order chi connectivity index (χ1) is 9.67. The first-order valence-corrected chi connectivity index (χ1v) is 8.11. The van der Waals surface area contributed by atoms with Gasteiger partial charge in [0.1, 0.15) is 5.75 Å². The minimum absolute atomic E-state index is 0.115. The number of nitrogens with zero attached hydrogens (tertiary/aromatic N) is 1. The maximum Gasteiger partial charge on any atom is 0.255 e. The fourth-order valence-electron chi connectivity index (χ4n) is 2.82. The van der Waals surface area contributed by atoms with E-state index in [-0.39, 0.29) is 5.91 Å². The zero-order chi connectivity index (χ0) is 14.5. The lowest BCUT2D eigenvalue weighted by Crippen LogP contribution is -2.39. The third-order valence-electron chi connectivity index (χ3n) is 4.01. The molecule has 0 aromatic heterocycles. The van der Waals surface area contributed by atoms with Crippen molar-refractivity contribution >= 4 is 21.8 Å². The molecule has 0 N–H and O–H groups in total. The monoisotopic (exact) mass is 339 g/mol. The van der Waals surface area contributed by atoms with Gasteiger partial charge in [-0.05, 0) is 53.4 Å². The molecule has 1 heterocycles. The molecule has 1 aromatic carbocycles. The van der Waals surface area contributed by atoms with Gasteiger partial charge in [0.2, 0.25) is 0 Å². The van der Waals surface area contributed by atoms with Crippen LogP contribution >= 0.6 is 15.9 Å². The third-order valence-corrected chi connectivity index (χ3v) is 4.70. The molecule has 1 amide bonds. The molecule has 1 fully saturated rings. The number of rotatable bonds is 3. The molecule has 3 nitrogen and oxygen atoms in total. The van der Waals surface area contributed by atoms with E-state index in [0.717, 1.165) is 36.0 Å². The molecule has 0 radical (unpaired) electrons. The Labute approximate surface area is 129 Å². The van der Waals surface area contributed by atoms with Crippen molar-refractivity contribution in [3.8, 4) is 5.75 Å². The van der Waals surface area contributed by atoms with Gasteiger partial charge in [-0.3, -0.25) is 4.79 Å². The van der Waals surface area contributed by atoms with Crippen molar-refractivity contribution < 1.29 is 9.53 Å². The van der Waals surface area contributed by atoms with Gasteiger partial charge in [-0.1, -0.05) is 19.8 Å². The lowest BCUT2D eigenvalue weighted by Gasteiger charge is -2.29. The SMILES string of the molecule is CCC1CCCCCN1C(=O)c1cc(OC)ccc1Br. The number of hydrogen-bond acceptors (Lipinski definition) is 2. The summed E-state index contributed by atoms with van der Waals surface area (Å²) in [6, 6.07) is 5.93. The summed E-state index contributed by atoms with van der Waals surface area (Å²) in [5, 5.41) is 0. The minimum atomic E-state index is 0.115. The topological polar surface area (TPSA) is 29.5 Å². The average molecular weight is 340 g/mol. The minimum Gasteiger partial charge on any atom is -0.497 e. The summed E-state index contributed by atoms with van der Waals surface area (Å²) in [6.07, 6.45) is 5.68. The summed E-state index contributed by atoms with van der Waals surface area (Å²) in [7, 11) is 1.62. The van der Waals surface area contributed by atoms with Crippen LogP contribution in [0.2, 0.25) is 0 Å². The number of ether oxygens (including phenoxy) is 1. The van der Waals surface area contributed by atoms with Gasteiger partial charge >= 0.3 is 0 Å². The van der Waals surface area contributed by atoms with Crippen molar-refractivity contribution in [2.45, 2.75) is 45.1 Å². The van der Waals surface area contributed by atoms with Gasteiger partial charge in [0.25, 0.3) is 5.91 Å². The molecule has 1 saturated heterocycles. The second-order valence-electron chi connectivity index (χ2n) is 5.26. The number of methoxy groups -OCH3 is 1. The molecule has 110 valence electrons. The Morgan fingerprint density at radius 3 is 2.90 bits per heavy atom. The molecule has 0 aliphatic carbocycles. The number of likely N-dealkylation sites (tertiary alicyclic amines) is 1. The van der Waals surface area contributed by atoms with Gasteiger partial charge < -0.3 is 9.64 Å². The molecule has 1 unspecified atom stereocenters. The number of carbonyl (C=O) groups is 1.